The van der Waals surface area contributed by atoms with Crippen LogP contribution in [0.4, 0.5) is 4.79 Å². The molecule has 0 aliphatic rings. The number of carbonyl (C=O) groups excluding carboxylic acids is 2. The fraction of sp³-hybridized carbons (Fsp3) is 0.467. The summed E-state index contributed by atoms with van der Waals surface area (Å²) in [6.07, 6.45) is -0.426. The lowest BCUT2D eigenvalue weighted by Crippen LogP contribution is -2.45. The molecule has 0 radical (unpaired) electrons. The monoisotopic (exact) mass is 391 g/mol. The van der Waals surface area contributed by atoms with Crippen molar-refractivity contribution >= 4 is 39.6 Å². The third-order valence-electron chi connectivity index (χ3n) is 2.60. The average Bonchev–Trinajstić information content (AvgIpc) is 2.39. The average molecular weight is 393 g/mol. The minimum atomic E-state index is -0.850. The van der Waals surface area contributed by atoms with Crippen molar-refractivity contribution in [1.82, 2.24) is 5.32 Å². The number of hydrogen-bond donors (Lipinski definition) is 1. The van der Waals surface area contributed by atoms with Gasteiger partial charge in [0.1, 0.15) is 11.6 Å². The molecule has 0 spiro atoms. The van der Waals surface area contributed by atoms with Gasteiger partial charge in [-0.3, -0.25) is 0 Å². The second kappa shape index (κ2) is 7.83. The number of nitrogens with one attached hydrogen (secondary N) is 1. The smallest absolute Gasteiger partial charge is 0.408 e. The van der Waals surface area contributed by atoms with Gasteiger partial charge in [0.2, 0.25) is 0 Å². The Morgan fingerprint density at radius 2 is 2.00 bits per heavy atom. The highest BCUT2D eigenvalue weighted by molar-refractivity contribution is 9.10. The van der Waals surface area contributed by atoms with Gasteiger partial charge in [-0.05, 0) is 54.4 Å². The highest BCUT2D eigenvalue weighted by Crippen LogP contribution is 2.24. The number of ether oxygens (including phenoxy) is 2. The SMILES string of the molecule is COC(=O)[C@H](Cc1ccc(Br)c(Cl)c1)NC(=O)OC(C)(C)C. The Hall–Kier alpha value is -1.27. The van der Waals surface area contributed by atoms with E-state index in [0.29, 0.717) is 5.02 Å². The Morgan fingerprint density at radius 3 is 2.50 bits per heavy atom. The standard InChI is InChI=1S/C15H19BrClNO4/c1-15(2,3)22-14(20)18-12(13(19)21-4)8-9-5-6-10(16)11(17)7-9/h5-7,12H,8H2,1-4H3,(H,18,20)/t12-/m0/s1. The van der Waals surface area contributed by atoms with Crippen LogP contribution >= 0.6 is 27.5 Å². The molecule has 122 valence electrons. The van der Waals surface area contributed by atoms with E-state index in [2.05, 4.69) is 21.2 Å². The number of hydrogen-bond acceptors (Lipinski definition) is 4. The van der Waals surface area contributed by atoms with Crippen LogP contribution in [0.2, 0.25) is 5.02 Å². The second-order valence-electron chi connectivity index (χ2n) is 5.67. The normalized spacial score (nSPS) is 12.5. The first-order chi connectivity index (χ1) is 10.1. The van der Waals surface area contributed by atoms with Crippen molar-refractivity contribution in [2.75, 3.05) is 7.11 Å². The van der Waals surface area contributed by atoms with E-state index < -0.39 is 23.7 Å². The Kier molecular flexibility index (Phi) is 6.68. The minimum absolute atomic E-state index is 0.249. The summed E-state index contributed by atoms with van der Waals surface area (Å²) in [6, 6.07) is 4.46. The van der Waals surface area contributed by atoms with Crippen LogP contribution in [0.5, 0.6) is 0 Å². The molecule has 0 saturated heterocycles. The first kappa shape index (κ1) is 18.8. The Bertz CT molecular complexity index is 557. The van der Waals surface area contributed by atoms with Crippen LogP contribution in [0.3, 0.4) is 0 Å². The lowest BCUT2D eigenvalue weighted by atomic mass is 10.1. The quantitative estimate of drug-likeness (QED) is 0.793. The van der Waals surface area contributed by atoms with E-state index in [0.717, 1.165) is 10.0 Å². The van der Waals surface area contributed by atoms with Crippen molar-refractivity contribution < 1.29 is 19.1 Å². The molecule has 1 aromatic carbocycles. The number of halogens is 2. The fourth-order valence-corrected chi connectivity index (χ4v) is 2.14. The molecule has 7 heteroatoms. The topological polar surface area (TPSA) is 64.6 Å². The van der Waals surface area contributed by atoms with E-state index >= 15 is 0 Å². The molecule has 0 heterocycles. The molecule has 0 fully saturated rings. The molecule has 0 bridgehead atoms. The molecule has 1 rings (SSSR count). The maximum absolute atomic E-state index is 11.8. The van der Waals surface area contributed by atoms with Gasteiger partial charge in [-0.2, -0.15) is 0 Å². The fourth-order valence-electron chi connectivity index (χ4n) is 1.69. The van der Waals surface area contributed by atoms with Crippen molar-refractivity contribution in [2.45, 2.75) is 38.8 Å². The van der Waals surface area contributed by atoms with Gasteiger partial charge >= 0.3 is 12.1 Å². The predicted molar refractivity (Wildman–Crippen MR) is 88.0 cm³/mol. The lowest BCUT2D eigenvalue weighted by molar-refractivity contribution is -0.143. The second-order valence-corrected chi connectivity index (χ2v) is 6.94. The molecule has 0 unspecified atom stereocenters. The van der Waals surface area contributed by atoms with Crippen molar-refractivity contribution in [3.05, 3.63) is 33.3 Å². The van der Waals surface area contributed by atoms with Crippen LogP contribution in [0.15, 0.2) is 22.7 Å². The van der Waals surface area contributed by atoms with Gasteiger partial charge in [0.25, 0.3) is 0 Å². The number of rotatable bonds is 4. The zero-order valence-electron chi connectivity index (χ0n) is 12.9. The zero-order valence-corrected chi connectivity index (χ0v) is 15.2. The summed E-state index contributed by atoms with van der Waals surface area (Å²) in [7, 11) is 1.26. The summed E-state index contributed by atoms with van der Waals surface area (Å²) in [6.45, 7) is 5.23. The number of carbonyl (C=O) groups is 2. The number of amides is 1. The van der Waals surface area contributed by atoms with E-state index in [9.17, 15) is 9.59 Å². The van der Waals surface area contributed by atoms with Crippen molar-refractivity contribution in [1.29, 1.82) is 0 Å². The predicted octanol–water partition coefficient (Wildman–Crippen LogP) is 3.71. The maximum atomic E-state index is 11.8. The summed E-state index contributed by atoms with van der Waals surface area (Å²) >= 11 is 9.33. The molecule has 1 N–H and O–H groups in total. The number of benzene rings is 1. The highest BCUT2D eigenvalue weighted by Gasteiger charge is 2.25. The van der Waals surface area contributed by atoms with Gasteiger partial charge in [-0.25, -0.2) is 9.59 Å². The van der Waals surface area contributed by atoms with E-state index in [1.165, 1.54) is 7.11 Å². The molecule has 1 aromatic rings. The lowest BCUT2D eigenvalue weighted by Gasteiger charge is -2.22. The third-order valence-corrected chi connectivity index (χ3v) is 3.83. The molecular formula is C15H19BrClNO4. The van der Waals surface area contributed by atoms with Gasteiger partial charge in [0.05, 0.1) is 12.1 Å². The first-order valence-corrected chi connectivity index (χ1v) is 7.80. The van der Waals surface area contributed by atoms with Crippen LogP contribution in [-0.2, 0) is 20.7 Å². The van der Waals surface area contributed by atoms with Crippen LogP contribution < -0.4 is 5.32 Å². The van der Waals surface area contributed by atoms with E-state index in [-0.39, 0.29) is 6.42 Å². The van der Waals surface area contributed by atoms with Crippen LogP contribution in [0.25, 0.3) is 0 Å². The van der Waals surface area contributed by atoms with Crippen LogP contribution in [0, 0.1) is 0 Å². The van der Waals surface area contributed by atoms with Crippen molar-refractivity contribution in [3.63, 3.8) is 0 Å². The summed E-state index contributed by atoms with van der Waals surface area (Å²) in [4.78, 5) is 23.7. The minimum Gasteiger partial charge on any atom is -0.467 e. The molecule has 0 aliphatic heterocycles. The Labute approximate surface area is 143 Å². The number of esters is 1. The van der Waals surface area contributed by atoms with Gasteiger partial charge < -0.3 is 14.8 Å². The van der Waals surface area contributed by atoms with Crippen molar-refractivity contribution in [2.24, 2.45) is 0 Å². The maximum Gasteiger partial charge on any atom is 0.408 e. The number of alkyl carbamates (subject to hydrolysis) is 1. The Balaban J connectivity index is 2.82. The van der Waals surface area contributed by atoms with E-state index in [4.69, 9.17) is 21.1 Å². The van der Waals surface area contributed by atoms with Gasteiger partial charge in [0.15, 0.2) is 0 Å². The Morgan fingerprint density at radius 1 is 1.36 bits per heavy atom. The molecule has 0 saturated carbocycles. The molecule has 5 nitrogen and oxygen atoms in total. The molecule has 1 atom stereocenters. The van der Waals surface area contributed by atoms with Crippen LogP contribution in [0.1, 0.15) is 26.3 Å². The summed E-state index contributed by atoms with van der Waals surface area (Å²) in [5.41, 5.74) is 0.144. The highest BCUT2D eigenvalue weighted by atomic mass is 79.9. The molecule has 0 aliphatic carbocycles. The summed E-state index contributed by atoms with van der Waals surface area (Å²) < 4.78 is 10.6. The molecule has 0 aromatic heterocycles. The first-order valence-electron chi connectivity index (χ1n) is 6.63. The zero-order chi connectivity index (χ0) is 16.9. The largest absolute Gasteiger partial charge is 0.467 e. The van der Waals surface area contributed by atoms with Gasteiger partial charge in [0, 0.05) is 10.9 Å². The molecule has 22 heavy (non-hydrogen) atoms. The third kappa shape index (κ3) is 6.23. The number of methoxy groups -OCH3 is 1. The van der Waals surface area contributed by atoms with Crippen molar-refractivity contribution in [3.8, 4) is 0 Å². The van der Waals surface area contributed by atoms with Gasteiger partial charge in [-0.1, -0.05) is 17.7 Å². The molecule has 1 amide bonds. The van der Waals surface area contributed by atoms with E-state index in [1.54, 1.807) is 32.9 Å². The molecular weight excluding hydrogens is 374 g/mol. The van der Waals surface area contributed by atoms with Crippen LogP contribution in [-0.4, -0.2) is 30.8 Å². The summed E-state index contributed by atoms with van der Waals surface area (Å²) in [5.74, 6) is -0.551. The summed E-state index contributed by atoms with van der Waals surface area (Å²) in [5, 5.41) is 3.04. The van der Waals surface area contributed by atoms with E-state index in [1.807, 2.05) is 6.07 Å². The van der Waals surface area contributed by atoms with Gasteiger partial charge in [-0.15, -0.1) is 0 Å².